The van der Waals surface area contributed by atoms with Crippen LogP contribution in [0.15, 0.2) is 34.5 Å². The summed E-state index contributed by atoms with van der Waals surface area (Å²) in [6, 6.07) is 9.22. The highest BCUT2D eigenvalue weighted by molar-refractivity contribution is 8.00. The number of thioether (sulfide) groups is 1. The second-order valence-corrected chi connectivity index (χ2v) is 6.29. The minimum absolute atomic E-state index is 0.347. The van der Waals surface area contributed by atoms with Crippen LogP contribution >= 0.6 is 23.1 Å². The number of benzene rings is 1. The molecule has 0 radical (unpaired) electrons. The molecule has 0 atom stereocenters. The van der Waals surface area contributed by atoms with Gasteiger partial charge < -0.3 is 19.5 Å². The first-order chi connectivity index (χ1) is 10.2. The van der Waals surface area contributed by atoms with Gasteiger partial charge in [0, 0.05) is 0 Å². The van der Waals surface area contributed by atoms with Crippen LogP contribution in [0.1, 0.15) is 9.67 Å². The first-order valence-corrected chi connectivity index (χ1v) is 8.20. The number of para-hydroxylation sites is 2. The van der Waals surface area contributed by atoms with E-state index in [2.05, 4.69) is 5.32 Å². The number of hydrogen-bond donors (Lipinski definition) is 1. The molecular formula is C14H13NO4S2. The Bertz CT molecular complexity index is 646. The van der Waals surface area contributed by atoms with E-state index in [1.807, 2.05) is 30.5 Å². The van der Waals surface area contributed by atoms with E-state index in [-0.39, 0.29) is 5.97 Å². The second kappa shape index (κ2) is 5.87. The van der Waals surface area contributed by atoms with Crippen LogP contribution in [0.25, 0.3) is 0 Å². The fourth-order valence-electron chi connectivity index (χ4n) is 1.91. The van der Waals surface area contributed by atoms with Crippen LogP contribution in [0.4, 0.5) is 5.69 Å². The number of anilines is 1. The molecule has 0 unspecified atom stereocenters. The molecule has 21 heavy (non-hydrogen) atoms. The maximum Gasteiger partial charge on any atom is 0.348 e. The lowest BCUT2D eigenvalue weighted by molar-refractivity contribution is 0.0605. The van der Waals surface area contributed by atoms with Crippen LogP contribution in [-0.2, 0) is 4.74 Å². The molecule has 2 aromatic rings. The minimum Gasteiger partial charge on any atom is -0.465 e. The van der Waals surface area contributed by atoms with Crippen LogP contribution in [0.3, 0.4) is 0 Å². The molecule has 0 saturated heterocycles. The number of esters is 1. The number of methoxy groups -OCH3 is 1. The van der Waals surface area contributed by atoms with Gasteiger partial charge >= 0.3 is 12.4 Å². The largest absolute Gasteiger partial charge is 0.465 e. The Morgan fingerprint density at radius 2 is 2.00 bits per heavy atom. The maximum atomic E-state index is 11.6. The normalized spacial score (nSPS) is 13.2. The maximum absolute atomic E-state index is 11.6. The summed E-state index contributed by atoms with van der Waals surface area (Å²) >= 11 is 2.92. The number of nitrogens with one attached hydrogen (secondary N) is 1. The van der Waals surface area contributed by atoms with E-state index in [4.69, 9.17) is 14.2 Å². The van der Waals surface area contributed by atoms with E-state index < -0.39 is 6.41 Å². The summed E-state index contributed by atoms with van der Waals surface area (Å²) in [5.74, 6) is 1.05. The van der Waals surface area contributed by atoms with Gasteiger partial charge in [0.2, 0.25) is 0 Å². The van der Waals surface area contributed by atoms with Crippen molar-refractivity contribution in [2.75, 3.05) is 18.7 Å². The summed E-state index contributed by atoms with van der Waals surface area (Å²) in [6.07, 6.45) is 1.34. The van der Waals surface area contributed by atoms with Crippen molar-refractivity contribution in [1.82, 2.24) is 0 Å². The van der Waals surface area contributed by atoms with E-state index in [9.17, 15) is 4.79 Å². The first kappa shape index (κ1) is 14.1. The predicted octanol–water partition coefficient (Wildman–Crippen LogP) is 3.42. The molecule has 0 fully saturated rings. The van der Waals surface area contributed by atoms with Gasteiger partial charge in [-0.05, 0) is 24.5 Å². The summed E-state index contributed by atoms with van der Waals surface area (Å²) in [4.78, 5) is 12.1. The molecule has 1 aromatic heterocycles. The molecule has 1 aromatic carbocycles. The molecule has 0 saturated carbocycles. The topological polar surface area (TPSA) is 56.8 Å². The first-order valence-electron chi connectivity index (χ1n) is 6.16. The number of carbonyl (C=O) groups excluding carboxylic acids is 1. The highest BCUT2D eigenvalue weighted by Crippen LogP contribution is 2.38. The number of hydrogen-bond acceptors (Lipinski definition) is 7. The lowest BCUT2D eigenvalue weighted by Crippen LogP contribution is -2.27. The van der Waals surface area contributed by atoms with Gasteiger partial charge in [0.05, 0.1) is 17.0 Å². The third kappa shape index (κ3) is 2.79. The van der Waals surface area contributed by atoms with Crippen molar-refractivity contribution in [3.8, 4) is 11.5 Å². The van der Waals surface area contributed by atoms with E-state index in [0.717, 1.165) is 9.90 Å². The monoisotopic (exact) mass is 323 g/mol. The molecule has 7 heteroatoms. The van der Waals surface area contributed by atoms with Crippen molar-refractivity contribution in [3.05, 3.63) is 35.2 Å². The molecule has 0 bridgehead atoms. The van der Waals surface area contributed by atoms with E-state index >= 15 is 0 Å². The van der Waals surface area contributed by atoms with Crippen LogP contribution in [-0.4, -0.2) is 25.7 Å². The molecule has 0 aliphatic carbocycles. The van der Waals surface area contributed by atoms with Gasteiger partial charge in [-0.3, -0.25) is 0 Å². The number of ether oxygens (including phenoxy) is 3. The number of thiophene rings is 1. The molecule has 1 aliphatic heterocycles. The molecular weight excluding hydrogens is 310 g/mol. The second-order valence-electron chi connectivity index (χ2n) is 4.17. The van der Waals surface area contributed by atoms with Gasteiger partial charge in [0.15, 0.2) is 11.5 Å². The molecule has 110 valence electrons. The van der Waals surface area contributed by atoms with E-state index in [1.165, 1.54) is 18.4 Å². The highest BCUT2D eigenvalue weighted by Gasteiger charge is 2.25. The average Bonchev–Trinajstić information content (AvgIpc) is 3.09. The Labute approximate surface area is 130 Å². The Balaban J connectivity index is 1.77. The highest BCUT2D eigenvalue weighted by atomic mass is 32.2. The third-order valence-electron chi connectivity index (χ3n) is 2.86. The van der Waals surface area contributed by atoms with E-state index in [1.54, 1.807) is 17.8 Å². The van der Waals surface area contributed by atoms with Crippen LogP contribution in [0.5, 0.6) is 11.5 Å². The molecule has 2 heterocycles. The predicted molar refractivity (Wildman–Crippen MR) is 82.5 cm³/mol. The Morgan fingerprint density at radius 3 is 2.57 bits per heavy atom. The molecule has 5 nitrogen and oxygen atoms in total. The standard InChI is InChI=1S/C14H13NO4S2/c1-17-12(16)11-7-8(13(20-2)21-11)15-14-18-9-5-3-4-6-10(9)19-14/h3-7,14-15H,1-2H3. The van der Waals surface area contributed by atoms with Crippen LogP contribution in [0.2, 0.25) is 0 Å². The Kier molecular flexibility index (Phi) is 3.94. The van der Waals surface area contributed by atoms with Crippen molar-refractivity contribution in [2.24, 2.45) is 0 Å². The zero-order valence-corrected chi connectivity index (χ0v) is 13.0. The fourth-order valence-corrected chi connectivity index (χ4v) is 3.62. The molecule has 1 N–H and O–H groups in total. The number of rotatable bonds is 4. The van der Waals surface area contributed by atoms with Crippen LogP contribution < -0.4 is 14.8 Å². The van der Waals surface area contributed by atoms with Gasteiger partial charge in [0.25, 0.3) is 0 Å². The van der Waals surface area contributed by atoms with Gasteiger partial charge in [-0.2, -0.15) is 0 Å². The summed E-state index contributed by atoms with van der Waals surface area (Å²) in [5.41, 5.74) is 0.797. The zero-order valence-electron chi connectivity index (χ0n) is 11.4. The lowest BCUT2D eigenvalue weighted by Gasteiger charge is -2.13. The van der Waals surface area contributed by atoms with Crippen molar-refractivity contribution in [2.45, 2.75) is 10.6 Å². The summed E-state index contributed by atoms with van der Waals surface area (Å²) in [6.45, 7) is 0. The molecule has 0 spiro atoms. The van der Waals surface area contributed by atoms with Gasteiger partial charge in [-0.1, -0.05) is 12.1 Å². The summed E-state index contributed by atoms with van der Waals surface area (Å²) < 4.78 is 17.0. The Morgan fingerprint density at radius 1 is 1.33 bits per heavy atom. The summed E-state index contributed by atoms with van der Waals surface area (Å²) in [5, 5.41) is 3.14. The van der Waals surface area contributed by atoms with Gasteiger partial charge in [-0.15, -0.1) is 23.1 Å². The lowest BCUT2D eigenvalue weighted by atomic mass is 10.3. The van der Waals surface area contributed by atoms with Crippen molar-refractivity contribution in [3.63, 3.8) is 0 Å². The SMILES string of the molecule is COC(=O)c1cc(NC2Oc3ccccc3O2)c(SC)s1. The zero-order chi connectivity index (χ0) is 14.8. The average molecular weight is 323 g/mol. The van der Waals surface area contributed by atoms with Crippen LogP contribution in [0, 0.1) is 0 Å². The smallest absolute Gasteiger partial charge is 0.348 e. The molecule has 3 rings (SSSR count). The quantitative estimate of drug-likeness (QED) is 0.687. The number of fused-ring (bicyclic) bond motifs is 1. The van der Waals surface area contributed by atoms with Gasteiger partial charge in [-0.25, -0.2) is 4.79 Å². The fraction of sp³-hybridized carbons (Fsp3) is 0.214. The Hall–Kier alpha value is -1.86. The summed E-state index contributed by atoms with van der Waals surface area (Å²) in [7, 11) is 1.37. The third-order valence-corrected chi connectivity index (χ3v) is 5.11. The van der Waals surface area contributed by atoms with Crippen molar-refractivity contribution < 1.29 is 19.0 Å². The van der Waals surface area contributed by atoms with Crippen molar-refractivity contribution >= 4 is 34.8 Å². The minimum atomic E-state index is -0.603. The number of carbonyl (C=O) groups is 1. The molecule has 0 amide bonds. The molecule has 1 aliphatic rings. The van der Waals surface area contributed by atoms with E-state index in [0.29, 0.717) is 16.4 Å². The van der Waals surface area contributed by atoms with Crippen molar-refractivity contribution in [1.29, 1.82) is 0 Å². The van der Waals surface area contributed by atoms with Gasteiger partial charge in [0.1, 0.15) is 4.88 Å².